The number of aryl methyl sites for hydroxylation is 1. The summed E-state index contributed by atoms with van der Waals surface area (Å²) in [5, 5.41) is 14.0. The molecule has 0 saturated heterocycles. The van der Waals surface area contributed by atoms with Gasteiger partial charge in [0.2, 0.25) is 0 Å². The van der Waals surface area contributed by atoms with Gasteiger partial charge in [-0.25, -0.2) is 4.79 Å². The first-order valence-electron chi connectivity index (χ1n) is 5.97. The number of nitrogens with zero attached hydrogens (tertiary/aromatic N) is 1. The maximum Gasteiger partial charge on any atom is 0.315 e. The van der Waals surface area contributed by atoms with Crippen molar-refractivity contribution in [1.82, 2.24) is 15.6 Å². The standard InChI is InChI=1S/C13H19N3O3/c1-9-4-5-14-7-10(9)8-15-12(19)16-13(2,3)6-11(17)18/h4-5,7H,6,8H2,1-3H3,(H,17,18)(H2,15,16,19). The molecule has 0 unspecified atom stereocenters. The molecule has 0 saturated carbocycles. The third kappa shape index (κ3) is 5.37. The van der Waals surface area contributed by atoms with Gasteiger partial charge in [0.05, 0.1) is 6.42 Å². The van der Waals surface area contributed by atoms with E-state index in [1.807, 2.05) is 13.0 Å². The third-order valence-electron chi connectivity index (χ3n) is 2.63. The zero-order chi connectivity index (χ0) is 14.5. The highest BCUT2D eigenvalue weighted by Gasteiger charge is 2.23. The van der Waals surface area contributed by atoms with Gasteiger partial charge < -0.3 is 15.7 Å². The first-order chi connectivity index (χ1) is 8.80. The minimum Gasteiger partial charge on any atom is -0.481 e. The van der Waals surface area contributed by atoms with Gasteiger partial charge in [0.25, 0.3) is 0 Å². The number of hydrogen-bond acceptors (Lipinski definition) is 3. The molecule has 6 nitrogen and oxygen atoms in total. The molecule has 6 heteroatoms. The van der Waals surface area contributed by atoms with E-state index in [0.717, 1.165) is 11.1 Å². The molecule has 0 bridgehead atoms. The van der Waals surface area contributed by atoms with E-state index in [9.17, 15) is 9.59 Å². The van der Waals surface area contributed by atoms with Gasteiger partial charge in [-0.3, -0.25) is 9.78 Å². The Morgan fingerprint density at radius 2 is 2.11 bits per heavy atom. The van der Waals surface area contributed by atoms with Crippen molar-refractivity contribution in [2.24, 2.45) is 0 Å². The molecule has 1 heterocycles. The van der Waals surface area contributed by atoms with Gasteiger partial charge in [0, 0.05) is 24.5 Å². The SMILES string of the molecule is Cc1ccncc1CNC(=O)NC(C)(C)CC(=O)O. The number of pyridine rings is 1. The summed E-state index contributed by atoms with van der Waals surface area (Å²) in [7, 11) is 0. The highest BCUT2D eigenvalue weighted by Crippen LogP contribution is 2.08. The van der Waals surface area contributed by atoms with Crippen molar-refractivity contribution in [3.63, 3.8) is 0 Å². The zero-order valence-electron chi connectivity index (χ0n) is 11.4. The Morgan fingerprint density at radius 3 is 2.68 bits per heavy atom. The Bertz CT molecular complexity index is 472. The zero-order valence-corrected chi connectivity index (χ0v) is 11.4. The number of hydrogen-bond donors (Lipinski definition) is 3. The van der Waals surface area contributed by atoms with E-state index >= 15 is 0 Å². The number of aromatic nitrogens is 1. The largest absolute Gasteiger partial charge is 0.481 e. The van der Waals surface area contributed by atoms with Crippen molar-refractivity contribution < 1.29 is 14.7 Å². The summed E-state index contributed by atoms with van der Waals surface area (Å²) in [4.78, 5) is 26.3. The van der Waals surface area contributed by atoms with E-state index in [4.69, 9.17) is 5.11 Å². The van der Waals surface area contributed by atoms with Crippen LogP contribution < -0.4 is 10.6 Å². The van der Waals surface area contributed by atoms with Crippen molar-refractivity contribution in [3.8, 4) is 0 Å². The van der Waals surface area contributed by atoms with Crippen molar-refractivity contribution in [1.29, 1.82) is 0 Å². The maximum absolute atomic E-state index is 11.7. The van der Waals surface area contributed by atoms with E-state index in [1.165, 1.54) is 0 Å². The summed E-state index contributed by atoms with van der Waals surface area (Å²) in [5.74, 6) is -0.951. The van der Waals surface area contributed by atoms with Gasteiger partial charge in [-0.2, -0.15) is 0 Å². The number of rotatable bonds is 5. The van der Waals surface area contributed by atoms with Crippen LogP contribution >= 0.6 is 0 Å². The monoisotopic (exact) mass is 265 g/mol. The van der Waals surface area contributed by atoms with E-state index in [-0.39, 0.29) is 6.42 Å². The number of aliphatic carboxylic acids is 1. The lowest BCUT2D eigenvalue weighted by atomic mass is 10.0. The van der Waals surface area contributed by atoms with E-state index in [2.05, 4.69) is 15.6 Å². The Labute approximate surface area is 112 Å². The van der Waals surface area contributed by atoms with Gasteiger partial charge in [-0.1, -0.05) is 0 Å². The summed E-state index contributed by atoms with van der Waals surface area (Å²) < 4.78 is 0. The van der Waals surface area contributed by atoms with Gasteiger partial charge in [0.1, 0.15) is 0 Å². The molecule has 2 amide bonds. The van der Waals surface area contributed by atoms with Crippen molar-refractivity contribution in [3.05, 3.63) is 29.6 Å². The number of carboxylic acid groups (broad SMARTS) is 1. The minimum absolute atomic E-state index is 0.133. The normalized spacial score (nSPS) is 10.9. The molecule has 19 heavy (non-hydrogen) atoms. The van der Waals surface area contributed by atoms with Gasteiger partial charge >= 0.3 is 12.0 Å². The number of amides is 2. The lowest BCUT2D eigenvalue weighted by molar-refractivity contribution is -0.138. The Kier molecular flexibility index (Phi) is 4.86. The number of nitrogens with one attached hydrogen (secondary N) is 2. The number of carboxylic acids is 1. The van der Waals surface area contributed by atoms with Crippen molar-refractivity contribution in [2.45, 2.75) is 39.3 Å². The van der Waals surface area contributed by atoms with Crippen LogP contribution in [0.3, 0.4) is 0 Å². The lowest BCUT2D eigenvalue weighted by Crippen LogP contribution is -2.49. The second-order valence-corrected chi connectivity index (χ2v) is 5.06. The van der Waals surface area contributed by atoms with Crippen LogP contribution in [0.2, 0.25) is 0 Å². The Morgan fingerprint density at radius 1 is 1.42 bits per heavy atom. The fourth-order valence-electron chi connectivity index (χ4n) is 1.63. The molecule has 1 rings (SSSR count). The summed E-state index contributed by atoms with van der Waals surface area (Å²) in [6.07, 6.45) is 3.25. The topological polar surface area (TPSA) is 91.3 Å². The highest BCUT2D eigenvalue weighted by atomic mass is 16.4. The molecule has 0 radical (unpaired) electrons. The predicted molar refractivity (Wildman–Crippen MR) is 70.7 cm³/mol. The first kappa shape index (κ1) is 14.9. The molecule has 0 spiro atoms. The van der Waals surface area contributed by atoms with Crippen LogP contribution in [0.1, 0.15) is 31.4 Å². The fourth-order valence-corrected chi connectivity index (χ4v) is 1.63. The molecular formula is C13H19N3O3. The summed E-state index contributed by atoms with van der Waals surface area (Å²) in [5.41, 5.74) is 1.17. The maximum atomic E-state index is 11.7. The van der Waals surface area contributed by atoms with Gasteiger partial charge in [-0.05, 0) is 38.0 Å². The predicted octanol–water partition coefficient (Wildman–Crippen LogP) is 1.44. The molecule has 0 aromatic carbocycles. The van der Waals surface area contributed by atoms with Crippen LogP contribution in [0.15, 0.2) is 18.5 Å². The van der Waals surface area contributed by atoms with E-state index < -0.39 is 17.5 Å². The smallest absolute Gasteiger partial charge is 0.315 e. The summed E-state index contributed by atoms with van der Waals surface area (Å²) in [6.45, 7) is 5.62. The summed E-state index contributed by atoms with van der Waals surface area (Å²) >= 11 is 0. The highest BCUT2D eigenvalue weighted by molar-refractivity contribution is 5.76. The van der Waals surface area contributed by atoms with E-state index in [0.29, 0.717) is 6.54 Å². The average molecular weight is 265 g/mol. The fraction of sp³-hybridized carbons (Fsp3) is 0.462. The molecule has 1 aromatic rings. The Balaban J connectivity index is 2.48. The molecule has 3 N–H and O–H groups in total. The average Bonchev–Trinajstić information content (AvgIpc) is 2.25. The van der Waals surface area contributed by atoms with Gasteiger partial charge in [-0.15, -0.1) is 0 Å². The number of carbonyl (C=O) groups excluding carboxylic acids is 1. The van der Waals surface area contributed by atoms with Crippen molar-refractivity contribution >= 4 is 12.0 Å². The van der Waals surface area contributed by atoms with Gasteiger partial charge in [0.15, 0.2) is 0 Å². The second kappa shape index (κ2) is 6.17. The number of carbonyl (C=O) groups is 2. The van der Waals surface area contributed by atoms with Crippen LogP contribution in [-0.4, -0.2) is 27.6 Å². The van der Waals surface area contributed by atoms with E-state index in [1.54, 1.807) is 26.2 Å². The van der Waals surface area contributed by atoms with Crippen LogP contribution in [0.4, 0.5) is 4.79 Å². The van der Waals surface area contributed by atoms with Crippen LogP contribution in [0.25, 0.3) is 0 Å². The molecule has 0 aliphatic rings. The molecule has 0 aliphatic carbocycles. The first-order valence-corrected chi connectivity index (χ1v) is 5.97. The number of urea groups is 1. The third-order valence-corrected chi connectivity index (χ3v) is 2.63. The van der Waals surface area contributed by atoms with Crippen molar-refractivity contribution in [2.75, 3.05) is 0 Å². The molecule has 1 aromatic heterocycles. The van der Waals surface area contributed by atoms with Crippen LogP contribution in [0, 0.1) is 6.92 Å². The second-order valence-electron chi connectivity index (χ2n) is 5.06. The molecule has 0 fully saturated rings. The summed E-state index contributed by atoms with van der Waals surface area (Å²) in [6, 6.07) is 1.47. The molecule has 0 atom stereocenters. The molecule has 0 aliphatic heterocycles. The lowest BCUT2D eigenvalue weighted by Gasteiger charge is -2.24. The van der Waals surface area contributed by atoms with Crippen LogP contribution in [-0.2, 0) is 11.3 Å². The quantitative estimate of drug-likeness (QED) is 0.751. The minimum atomic E-state index is -0.951. The Hall–Kier alpha value is -2.11. The molecular weight excluding hydrogens is 246 g/mol. The molecule has 104 valence electrons. The van der Waals surface area contributed by atoms with Crippen LogP contribution in [0.5, 0.6) is 0 Å².